The molecule has 104 valence electrons. The Hall–Kier alpha value is -2.63. The van der Waals surface area contributed by atoms with Crippen LogP contribution in [-0.4, -0.2) is 15.9 Å². The minimum absolute atomic E-state index is 0.288. The first-order chi connectivity index (χ1) is 9.52. The highest BCUT2D eigenvalue weighted by Crippen LogP contribution is 2.22. The number of carbonyl (C=O) groups is 1. The normalized spacial score (nSPS) is 9.95. The van der Waals surface area contributed by atoms with Crippen molar-refractivity contribution < 1.29 is 19.3 Å². The van der Waals surface area contributed by atoms with E-state index >= 15 is 0 Å². The lowest BCUT2D eigenvalue weighted by Gasteiger charge is -2.06. The molecule has 0 atom stereocenters. The van der Waals surface area contributed by atoms with Crippen molar-refractivity contribution in [2.75, 3.05) is 0 Å². The molecule has 1 aromatic carbocycles. The molecule has 0 saturated heterocycles. The van der Waals surface area contributed by atoms with E-state index in [1.165, 1.54) is 6.92 Å². The first kappa shape index (κ1) is 13.8. The summed E-state index contributed by atoms with van der Waals surface area (Å²) in [7, 11) is 0. The summed E-state index contributed by atoms with van der Waals surface area (Å²) in [5.41, 5.74) is 1.67. The molecule has 0 saturated carbocycles. The lowest BCUT2D eigenvalue weighted by molar-refractivity contribution is -0.210. The summed E-state index contributed by atoms with van der Waals surface area (Å²) in [6, 6.07) is 8.71. The van der Waals surface area contributed by atoms with Crippen molar-refractivity contribution in [2.45, 2.75) is 20.8 Å². The fraction of sp³-hybridized carbons (Fsp3) is 0.214. The highest BCUT2D eigenvalue weighted by atomic mass is 17.2. The number of ether oxygens (including phenoxy) is 1. The molecule has 6 heteroatoms. The third kappa shape index (κ3) is 3.94. The molecule has 0 aliphatic rings. The van der Waals surface area contributed by atoms with Crippen LogP contribution in [0.3, 0.4) is 0 Å². The molecule has 0 amide bonds. The standard InChI is InChI=1S/C14H14N2O4/c1-9-8-10(2)16-14(15-9)18-12-4-6-13(7-5-12)20-19-11(3)17/h4-8H,1-3H3. The fourth-order valence-corrected chi connectivity index (χ4v) is 1.51. The summed E-state index contributed by atoms with van der Waals surface area (Å²) in [4.78, 5) is 28.1. The summed E-state index contributed by atoms with van der Waals surface area (Å²) in [5.74, 6) is 0.438. The second kappa shape index (κ2) is 6.01. The van der Waals surface area contributed by atoms with Gasteiger partial charge in [0, 0.05) is 18.3 Å². The van der Waals surface area contributed by atoms with Gasteiger partial charge in [0.2, 0.25) is 0 Å². The molecule has 1 heterocycles. The molecule has 0 N–H and O–H groups in total. The lowest BCUT2D eigenvalue weighted by atomic mass is 10.3. The molecule has 0 spiro atoms. The minimum atomic E-state index is -0.519. The molecular weight excluding hydrogens is 260 g/mol. The zero-order valence-corrected chi connectivity index (χ0v) is 11.4. The molecule has 0 fully saturated rings. The number of hydrogen-bond acceptors (Lipinski definition) is 6. The van der Waals surface area contributed by atoms with Gasteiger partial charge in [-0.05, 0) is 44.2 Å². The summed E-state index contributed by atoms with van der Waals surface area (Å²) in [6.45, 7) is 5.00. The van der Waals surface area contributed by atoms with E-state index < -0.39 is 5.97 Å². The Bertz CT molecular complexity index is 591. The number of benzene rings is 1. The Balaban J connectivity index is 2.04. The van der Waals surface area contributed by atoms with Crippen LogP contribution in [0.4, 0.5) is 0 Å². The molecule has 0 unspecified atom stereocenters. The molecule has 0 bridgehead atoms. The minimum Gasteiger partial charge on any atom is -0.424 e. The summed E-state index contributed by atoms with van der Waals surface area (Å²) in [5, 5.41) is 0. The fourth-order valence-electron chi connectivity index (χ4n) is 1.51. The van der Waals surface area contributed by atoms with Crippen LogP contribution >= 0.6 is 0 Å². The zero-order valence-electron chi connectivity index (χ0n) is 11.4. The molecule has 20 heavy (non-hydrogen) atoms. The van der Waals surface area contributed by atoms with Crippen LogP contribution in [0.1, 0.15) is 18.3 Å². The van der Waals surface area contributed by atoms with Gasteiger partial charge in [0.1, 0.15) is 5.75 Å². The van der Waals surface area contributed by atoms with E-state index in [-0.39, 0.29) is 6.01 Å². The van der Waals surface area contributed by atoms with Gasteiger partial charge in [-0.15, -0.1) is 0 Å². The predicted octanol–water partition coefficient (Wildman–Crippen LogP) is 2.74. The summed E-state index contributed by atoms with van der Waals surface area (Å²) >= 11 is 0. The van der Waals surface area contributed by atoms with E-state index in [1.54, 1.807) is 24.3 Å². The topological polar surface area (TPSA) is 70.5 Å². The average Bonchev–Trinajstić information content (AvgIpc) is 2.36. The number of hydrogen-bond donors (Lipinski definition) is 0. The van der Waals surface area contributed by atoms with Crippen LogP contribution in [0, 0.1) is 13.8 Å². The van der Waals surface area contributed by atoms with Gasteiger partial charge in [0.25, 0.3) is 0 Å². The van der Waals surface area contributed by atoms with Crippen molar-refractivity contribution in [2.24, 2.45) is 0 Å². The molecular formula is C14H14N2O4. The lowest BCUT2D eigenvalue weighted by Crippen LogP contribution is -2.02. The number of rotatable bonds is 4. The van der Waals surface area contributed by atoms with Gasteiger partial charge in [-0.3, -0.25) is 9.78 Å². The van der Waals surface area contributed by atoms with Crippen LogP contribution in [0.5, 0.6) is 17.5 Å². The Morgan fingerprint density at radius 3 is 2.10 bits per heavy atom. The number of aryl methyl sites for hydroxylation is 2. The van der Waals surface area contributed by atoms with Crippen molar-refractivity contribution in [3.63, 3.8) is 0 Å². The Morgan fingerprint density at radius 2 is 1.55 bits per heavy atom. The molecule has 1 aromatic heterocycles. The van der Waals surface area contributed by atoms with Gasteiger partial charge in [-0.1, -0.05) is 0 Å². The smallest absolute Gasteiger partial charge is 0.352 e. The van der Waals surface area contributed by atoms with E-state index in [0.717, 1.165) is 11.4 Å². The van der Waals surface area contributed by atoms with Crippen molar-refractivity contribution in [3.05, 3.63) is 41.7 Å². The average molecular weight is 274 g/mol. The first-order valence-corrected chi connectivity index (χ1v) is 5.98. The molecule has 0 aliphatic carbocycles. The van der Waals surface area contributed by atoms with Crippen LogP contribution in [0.25, 0.3) is 0 Å². The SMILES string of the molecule is CC(=O)OOc1ccc(Oc2nc(C)cc(C)n2)cc1. The third-order valence-corrected chi connectivity index (χ3v) is 2.25. The van der Waals surface area contributed by atoms with Crippen LogP contribution in [-0.2, 0) is 9.68 Å². The highest BCUT2D eigenvalue weighted by molar-refractivity contribution is 5.65. The third-order valence-electron chi connectivity index (χ3n) is 2.25. The molecule has 0 aliphatic heterocycles. The van der Waals surface area contributed by atoms with Crippen LogP contribution < -0.4 is 9.62 Å². The molecule has 2 aromatic rings. The van der Waals surface area contributed by atoms with E-state index in [9.17, 15) is 4.79 Å². The molecule has 0 radical (unpaired) electrons. The van der Waals surface area contributed by atoms with E-state index in [4.69, 9.17) is 9.62 Å². The van der Waals surface area contributed by atoms with E-state index in [0.29, 0.717) is 11.5 Å². The predicted molar refractivity (Wildman–Crippen MR) is 70.4 cm³/mol. The largest absolute Gasteiger partial charge is 0.424 e. The van der Waals surface area contributed by atoms with Crippen LogP contribution in [0.2, 0.25) is 0 Å². The maximum Gasteiger partial charge on any atom is 0.352 e. The maximum atomic E-state index is 10.6. The van der Waals surface area contributed by atoms with Crippen molar-refractivity contribution in [3.8, 4) is 17.5 Å². The quantitative estimate of drug-likeness (QED) is 0.630. The Labute approximate surface area is 116 Å². The van der Waals surface area contributed by atoms with Crippen molar-refractivity contribution >= 4 is 5.97 Å². The second-order valence-corrected chi connectivity index (χ2v) is 4.16. The van der Waals surface area contributed by atoms with Gasteiger partial charge >= 0.3 is 12.0 Å². The number of nitrogens with zero attached hydrogens (tertiary/aromatic N) is 2. The van der Waals surface area contributed by atoms with E-state index in [2.05, 4.69) is 14.9 Å². The van der Waals surface area contributed by atoms with Crippen LogP contribution in [0.15, 0.2) is 30.3 Å². The monoisotopic (exact) mass is 274 g/mol. The Morgan fingerprint density at radius 1 is 1.00 bits per heavy atom. The summed E-state index contributed by atoms with van der Waals surface area (Å²) in [6.07, 6.45) is 0. The van der Waals surface area contributed by atoms with Crippen molar-refractivity contribution in [1.82, 2.24) is 9.97 Å². The van der Waals surface area contributed by atoms with E-state index in [1.807, 2.05) is 19.9 Å². The number of carbonyl (C=O) groups excluding carboxylic acids is 1. The Kier molecular flexibility index (Phi) is 4.14. The molecule has 2 rings (SSSR count). The first-order valence-electron chi connectivity index (χ1n) is 5.98. The molecule has 6 nitrogen and oxygen atoms in total. The highest BCUT2D eigenvalue weighted by Gasteiger charge is 2.04. The zero-order chi connectivity index (χ0) is 14.5. The van der Waals surface area contributed by atoms with Crippen molar-refractivity contribution in [1.29, 1.82) is 0 Å². The van der Waals surface area contributed by atoms with Gasteiger partial charge < -0.3 is 4.74 Å². The maximum absolute atomic E-state index is 10.6. The second-order valence-electron chi connectivity index (χ2n) is 4.16. The van der Waals surface area contributed by atoms with Gasteiger partial charge in [0.15, 0.2) is 5.75 Å². The summed E-state index contributed by atoms with van der Waals surface area (Å²) < 4.78 is 5.54. The number of aromatic nitrogens is 2. The van der Waals surface area contributed by atoms with Gasteiger partial charge in [0.05, 0.1) is 0 Å². The van der Waals surface area contributed by atoms with Gasteiger partial charge in [-0.25, -0.2) is 14.8 Å². The van der Waals surface area contributed by atoms with Gasteiger partial charge in [-0.2, -0.15) is 0 Å².